The number of aromatic nitrogens is 6. The fraction of sp³-hybridized carbons (Fsp3) is 0.526. The highest BCUT2D eigenvalue weighted by Crippen LogP contribution is 2.53. The number of fused-ring (bicyclic) bond motifs is 3. The van der Waals surface area contributed by atoms with Crippen LogP contribution in [0.25, 0.3) is 11.2 Å². The Hall–Kier alpha value is -3.11. The molecule has 0 radical (unpaired) electrons. The molecule has 22 nitrogen and oxygen atoms in total. The smallest absolute Gasteiger partial charge is 0.386 e. The number of nitrogen functional groups attached to an aromatic ring is 1. The number of anilines is 1. The zero-order valence-electron chi connectivity index (χ0n) is 21.3. The number of hydrogen-bond donors (Lipinski definition) is 7. The van der Waals surface area contributed by atoms with Gasteiger partial charge in [0.1, 0.15) is 36.6 Å². The van der Waals surface area contributed by atoms with E-state index in [9.17, 15) is 43.5 Å². The number of nitrogens with zero attached hydrogens (tertiary/aromatic N) is 4. The Bertz CT molecular complexity index is 1820. The summed E-state index contributed by atoms with van der Waals surface area (Å²) >= 11 is 0. The highest BCUT2D eigenvalue weighted by molar-refractivity contribution is 7.47. The molecule has 3 aliphatic rings. The minimum absolute atomic E-state index is 0.127. The van der Waals surface area contributed by atoms with Crippen LogP contribution in [0.4, 0.5) is 5.95 Å². The molecule has 234 valence electrons. The lowest BCUT2D eigenvalue weighted by atomic mass is 10.1. The van der Waals surface area contributed by atoms with Gasteiger partial charge in [0.25, 0.3) is 11.1 Å². The Labute approximate surface area is 236 Å². The number of aliphatic hydroxyl groups is 2. The van der Waals surface area contributed by atoms with Gasteiger partial charge in [0.05, 0.1) is 19.5 Å². The minimum atomic E-state index is -5.10. The molecule has 3 saturated heterocycles. The van der Waals surface area contributed by atoms with Crippen molar-refractivity contribution in [1.82, 2.24) is 29.1 Å². The predicted molar refractivity (Wildman–Crippen MR) is 135 cm³/mol. The number of hydrogen-bond acceptors (Lipinski definition) is 16. The van der Waals surface area contributed by atoms with Crippen molar-refractivity contribution >= 4 is 32.8 Å². The second kappa shape index (κ2) is 10.8. The van der Waals surface area contributed by atoms with E-state index in [2.05, 4.69) is 15.0 Å². The molecule has 3 aromatic heterocycles. The van der Waals surface area contributed by atoms with Gasteiger partial charge in [-0.25, -0.2) is 18.9 Å². The van der Waals surface area contributed by atoms with E-state index in [1.54, 1.807) is 0 Å². The van der Waals surface area contributed by atoms with E-state index in [1.807, 2.05) is 4.98 Å². The lowest BCUT2D eigenvalue weighted by Crippen LogP contribution is -2.40. The monoisotopic (exact) mass is 651 g/mol. The Morgan fingerprint density at radius 3 is 2.02 bits per heavy atom. The number of ether oxygens (including phenoxy) is 2. The fourth-order valence-electron chi connectivity index (χ4n) is 4.89. The lowest BCUT2D eigenvalue weighted by molar-refractivity contribution is -0.0675. The minimum Gasteiger partial charge on any atom is -0.386 e. The third kappa shape index (κ3) is 5.64. The number of rotatable bonds is 2. The summed E-state index contributed by atoms with van der Waals surface area (Å²) in [6.45, 7) is -1.79. The summed E-state index contributed by atoms with van der Waals surface area (Å²) in [5, 5.41) is 21.9. The van der Waals surface area contributed by atoms with Gasteiger partial charge in [-0.3, -0.25) is 46.8 Å². The topological polar surface area (TPSA) is 315 Å². The van der Waals surface area contributed by atoms with E-state index in [-0.39, 0.29) is 17.1 Å². The van der Waals surface area contributed by atoms with Gasteiger partial charge in [-0.05, 0) is 0 Å². The average Bonchev–Trinajstić information content (AvgIpc) is 3.56. The molecule has 3 aliphatic heterocycles. The predicted octanol–water partition coefficient (Wildman–Crippen LogP) is -3.21. The van der Waals surface area contributed by atoms with Crippen molar-refractivity contribution in [3.8, 4) is 0 Å². The van der Waals surface area contributed by atoms with Gasteiger partial charge in [0.15, 0.2) is 23.6 Å². The zero-order chi connectivity index (χ0) is 30.8. The van der Waals surface area contributed by atoms with Crippen LogP contribution in [0.1, 0.15) is 12.5 Å². The highest BCUT2D eigenvalue weighted by Gasteiger charge is 2.53. The maximum Gasteiger partial charge on any atom is 0.472 e. The van der Waals surface area contributed by atoms with Crippen molar-refractivity contribution in [2.75, 3.05) is 18.9 Å². The fourth-order valence-corrected chi connectivity index (χ4v) is 6.82. The Kier molecular flexibility index (Phi) is 7.52. The van der Waals surface area contributed by atoms with E-state index >= 15 is 0 Å². The van der Waals surface area contributed by atoms with Crippen molar-refractivity contribution in [3.05, 3.63) is 49.8 Å². The Balaban J connectivity index is 1.29. The SMILES string of the molecule is Nc1nc2c(ncn2[C@@H]2O[C@H]3COP(=O)(O)O[C@H]4[C@@H](O)[C@H](n5ccc(=O)[nH]c5=O)O[C@@H]4COP(=O)(O)O[C@H]3[C@H]2O)c(=O)[nH]1. The maximum atomic E-state index is 12.9. The summed E-state index contributed by atoms with van der Waals surface area (Å²) in [6, 6.07) is 0.947. The third-order valence-corrected chi connectivity index (χ3v) is 8.75. The van der Waals surface area contributed by atoms with E-state index in [0.29, 0.717) is 0 Å². The van der Waals surface area contributed by atoms with Crippen LogP contribution in [0.15, 0.2) is 33.0 Å². The number of nitrogens with two attached hydrogens (primary N) is 1. The van der Waals surface area contributed by atoms with Crippen molar-refractivity contribution in [2.24, 2.45) is 0 Å². The molecule has 6 rings (SSSR count). The molecule has 3 aromatic rings. The molecule has 10 atom stereocenters. The average molecular weight is 651 g/mol. The second-order valence-electron chi connectivity index (χ2n) is 9.57. The molecule has 0 bridgehead atoms. The number of nitrogens with one attached hydrogen (secondary N) is 2. The number of imidazole rings is 1. The van der Waals surface area contributed by atoms with E-state index in [1.165, 1.54) is 0 Å². The van der Waals surface area contributed by atoms with Gasteiger partial charge in [0.2, 0.25) is 5.95 Å². The van der Waals surface area contributed by atoms with Crippen LogP contribution in [-0.4, -0.2) is 98.9 Å². The summed E-state index contributed by atoms with van der Waals surface area (Å²) in [5.41, 5.74) is 2.85. The molecule has 8 N–H and O–H groups in total. The van der Waals surface area contributed by atoms with Gasteiger partial charge >= 0.3 is 21.3 Å². The van der Waals surface area contributed by atoms with Crippen LogP contribution in [0, 0.1) is 0 Å². The summed E-state index contributed by atoms with van der Waals surface area (Å²) in [7, 11) is -10.2. The number of H-pyrrole nitrogens is 2. The highest BCUT2D eigenvalue weighted by atomic mass is 31.2. The van der Waals surface area contributed by atoms with Gasteiger partial charge in [-0.15, -0.1) is 0 Å². The molecular formula is C19H23N7O15P2. The van der Waals surface area contributed by atoms with Crippen LogP contribution in [0.2, 0.25) is 0 Å². The molecule has 43 heavy (non-hydrogen) atoms. The van der Waals surface area contributed by atoms with Crippen LogP contribution < -0.4 is 22.5 Å². The number of phosphoric ester groups is 2. The summed E-state index contributed by atoms with van der Waals surface area (Å²) < 4.78 is 59.3. The summed E-state index contributed by atoms with van der Waals surface area (Å²) in [6.07, 6.45) is -11.3. The Morgan fingerprint density at radius 2 is 1.47 bits per heavy atom. The first-order valence-corrected chi connectivity index (χ1v) is 15.2. The van der Waals surface area contributed by atoms with Crippen molar-refractivity contribution in [3.63, 3.8) is 0 Å². The van der Waals surface area contributed by atoms with E-state index < -0.39 is 94.7 Å². The first-order chi connectivity index (χ1) is 20.2. The van der Waals surface area contributed by atoms with Gasteiger partial charge in [-0.2, -0.15) is 4.98 Å². The second-order valence-corrected chi connectivity index (χ2v) is 12.4. The van der Waals surface area contributed by atoms with Crippen molar-refractivity contribution < 1.29 is 56.7 Å². The molecule has 0 spiro atoms. The standard InChI is InChI=1S/C19H23N7O15P2/c20-18-23-14-9(15(30)24-18)21-5-26(14)17-11(29)13-7(39-17)4-37-42(32,33)40-12-6(3-36-43(34,35)41-13)38-16(10(12)28)25-2-1-8(27)22-19(25)31/h1-2,5-7,10-13,16-17,28-29H,3-4H2,(H,32,33)(H,34,35)(H,22,27,31)(H3,20,23,24,30)/t6-,7+,10-,11-,12-,13-,16-,17-/m1/s1. The molecule has 0 aliphatic carbocycles. The van der Waals surface area contributed by atoms with Crippen molar-refractivity contribution in [2.45, 2.75) is 49.1 Å². The molecule has 6 heterocycles. The van der Waals surface area contributed by atoms with E-state index in [4.69, 9.17) is 33.3 Å². The summed E-state index contributed by atoms with van der Waals surface area (Å²) in [4.78, 5) is 68.8. The largest absolute Gasteiger partial charge is 0.472 e. The molecule has 2 unspecified atom stereocenters. The van der Waals surface area contributed by atoms with Gasteiger partial charge in [0, 0.05) is 12.3 Å². The zero-order valence-corrected chi connectivity index (χ0v) is 23.1. The molecule has 0 amide bonds. The number of aliphatic hydroxyl groups excluding tert-OH is 2. The number of aromatic amines is 2. The van der Waals surface area contributed by atoms with Crippen LogP contribution >= 0.6 is 15.6 Å². The van der Waals surface area contributed by atoms with Gasteiger partial charge < -0.3 is 35.2 Å². The van der Waals surface area contributed by atoms with Gasteiger partial charge in [-0.1, -0.05) is 0 Å². The van der Waals surface area contributed by atoms with E-state index in [0.717, 1.165) is 27.7 Å². The van der Waals surface area contributed by atoms with Crippen LogP contribution in [0.3, 0.4) is 0 Å². The van der Waals surface area contributed by atoms with Crippen molar-refractivity contribution in [1.29, 1.82) is 0 Å². The Morgan fingerprint density at radius 1 is 0.907 bits per heavy atom. The molecule has 24 heteroatoms. The maximum absolute atomic E-state index is 12.9. The first kappa shape index (κ1) is 29.9. The lowest BCUT2D eigenvalue weighted by Gasteiger charge is -2.27. The molecule has 0 saturated carbocycles. The van der Waals surface area contributed by atoms with Crippen LogP contribution in [-0.2, 0) is 36.7 Å². The summed E-state index contributed by atoms with van der Waals surface area (Å²) in [5.74, 6) is -0.285. The molecule has 0 aromatic carbocycles. The normalized spacial score (nSPS) is 38.7. The third-order valence-electron chi connectivity index (χ3n) is 6.78. The number of phosphoric acid groups is 2. The molecule has 3 fully saturated rings. The quantitative estimate of drug-likeness (QED) is 0.134. The molecular weight excluding hydrogens is 628 g/mol. The van der Waals surface area contributed by atoms with Crippen LogP contribution in [0.5, 0.6) is 0 Å². The first-order valence-electron chi connectivity index (χ1n) is 12.3.